The Morgan fingerprint density at radius 1 is 1.24 bits per heavy atom. The number of hydrogen-bond donors (Lipinski definition) is 0. The quantitative estimate of drug-likeness (QED) is 0.336. The van der Waals surface area contributed by atoms with Gasteiger partial charge in [-0.25, -0.2) is 4.39 Å². The molecule has 0 amide bonds. The minimum Gasteiger partial charge on any atom is -0.378 e. The van der Waals surface area contributed by atoms with Crippen LogP contribution in [0.1, 0.15) is 33.6 Å². The van der Waals surface area contributed by atoms with Crippen LogP contribution in [0.2, 0.25) is 0 Å². The van der Waals surface area contributed by atoms with E-state index in [0.29, 0.717) is 23.0 Å². The van der Waals surface area contributed by atoms with E-state index < -0.39 is 6.17 Å². The van der Waals surface area contributed by atoms with E-state index in [4.69, 9.17) is 4.74 Å². The van der Waals surface area contributed by atoms with Crippen molar-refractivity contribution in [3.8, 4) is 0 Å². The highest BCUT2D eigenvalue weighted by atomic mass is 127. The molecule has 2 atom stereocenters. The van der Waals surface area contributed by atoms with Crippen LogP contribution in [-0.2, 0) is 4.74 Å². The average Bonchev–Trinajstić information content (AvgIpc) is 2.14. The standard InChI is InChI=1S/C13H27FINO/c1-11(2)8-16(4)9-13(14)10-17-7-5-6-12(3)15/h11-13H,5-10H2,1-4H3. The zero-order chi connectivity index (χ0) is 13.3. The maximum atomic E-state index is 13.5. The van der Waals surface area contributed by atoms with Crippen molar-refractivity contribution < 1.29 is 9.13 Å². The Morgan fingerprint density at radius 3 is 2.41 bits per heavy atom. The lowest BCUT2D eigenvalue weighted by atomic mass is 10.2. The van der Waals surface area contributed by atoms with Gasteiger partial charge in [0.2, 0.25) is 0 Å². The molecule has 0 N–H and O–H groups in total. The van der Waals surface area contributed by atoms with Gasteiger partial charge in [0.15, 0.2) is 0 Å². The largest absolute Gasteiger partial charge is 0.378 e. The summed E-state index contributed by atoms with van der Waals surface area (Å²) >= 11 is 2.40. The first-order valence-electron chi connectivity index (χ1n) is 6.46. The van der Waals surface area contributed by atoms with E-state index in [9.17, 15) is 4.39 Å². The van der Waals surface area contributed by atoms with E-state index in [-0.39, 0.29) is 6.61 Å². The van der Waals surface area contributed by atoms with Gasteiger partial charge in [0, 0.05) is 23.6 Å². The van der Waals surface area contributed by atoms with Gasteiger partial charge in [-0.05, 0) is 25.8 Å². The molecule has 0 rings (SSSR count). The fraction of sp³-hybridized carbons (Fsp3) is 1.00. The lowest BCUT2D eigenvalue weighted by molar-refractivity contribution is 0.0623. The monoisotopic (exact) mass is 359 g/mol. The Morgan fingerprint density at radius 2 is 1.88 bits per heavy atom. The molecular formula is C13H27FINO. The Labute approximate surface area is 119 Å². The van der Waals surface area contributed by atoms with Crippen LogP contribution >= 0.6 is 22.6 Å². The Balaban J connectivity index is 3.42. The fourth-order valence-corrected chi connectivity index (χ4v) is 2.21. The first-order chi connectivity index (χ1) is 7.91. The van der Waals surface area contributed by atoms with Crippen LogP contribution in [0.25, 0.3) is 0 Å². The highest BCUT2D eigenvalue weighted by Gasteiger charge is 2.11. The topological polar surface area (TPSA) is 12.5 Å². The zero-order valence-electron chi connectivity index (χ0n) is 11.6. The highest BCUT2D eigenvalue weighted by Crippen LogP contribution is 2.07. The molecule has 0 aromatic heterocycles. The van der Waals surface area contributed by atoms with Gasteiger partial charge in [0.05, 0.1) is 6.61 Å². The lowest BCUT2D eigenvalue weighted by Crippen LogP contribution is -2.32. The molecule has 0 radical (unpaired) electrons. The highest BCUT2D eigenvalue weighted by molar-refractivity contribution is 14.1. The van der Waals surface area contributed by atoms with Gasteiger partial charge in [-0.2, -0.15) is 0 Å². The van der Waals surface area contributed by atoms with Crippen molar-refractivity contribution in [2.75, 3.05) is 33.4 Å². The maximum absolute atomic E-state index is 13.5. The van der Waals surface area contributed by atoms with Crippen LogP contribution in [0.5, 0.6) is 0 Å². The molecule has 0 saturated carbocycles. The van der Waals surface area contributed by atoms with Crippen molar-refractivity contribution in [2.45, 2.75) is 43.7 Å². The number of rotatable bonds is 10. The first kappa shape index (κ1) is 17.6. The molecule has 17 heavy (non-hydrogen) atoms. The first-order valence-corrected chi connectivity index (χ1v) is 7.70. The van der Waals surface area contributed by atoms with Crippen LogP contribution in [0.4, 0.5) is 4.39 Å². The molecule has 0 aliphatic rings. The van der Waals surface area contributed by atoms with Gasteiger partial charge in [0.25, 0.3) is 0 Å². The number of ether oxygens (including phenoxy) is 1. The van der Waals surface area contributed by atoms with Gasteiger partial charge >= 0.3 is 0 Å². The smallest absolute Gasteiger partial charge is 0.136 e. The molecule has 104 valence electrons. The second-order valence-corrected chi connectivity index (χ2v) is 7.34. The molecule has 0 saturated heterocycles. The number of hydrogen-bond acceptors (Lipinski definition) is 2. The minimum absolute atomic E-state index is 0.234. The van der Waals surface area contributed by atoms with E-state index in [2.05, 4.69) is 43.4 Å². The van der Waals surface area contributed by atoms with Crippen molar-refractivity contribution >= 4 is 22.6 Å². The lowest BCUT2D eigenvalue weighted by Gasteiger charge is -2.21. The van der Waals surface area contributed by atoms with Crippen molar-refractivity contribution in [3.63, 3.8) is 0 Å². The normalized spacial score (nSPS) is 15.5. The second-order valence-electron chi connectivity index (χ2n) is 5.21. The Kier molecular flexibility index (Phi) is 10.9. The SMILES string of the molecule is CC(C)CN(C)CC(F)COCCCC(C)I. The summed E-state index contributed by atoms with van der Waals surface area (Å²) in [5, 5.41) is 0. The summed E-state index contributed by atoms with van der Waals surface area (Å²) in [7, 11) is 1.96. The van der Waals surface area contributed by atoms with Gasteiger partial charge in [0.1, 0.15) is 6.17 Å². The van der Waals surface area contributed by atoms with Gasteiger partial charge < -0.3 is 9.64 Å². The molecule has 0 aliphatic heterocycles. The van der Waals surface area contributed by atoms with E-state index >= 15 is 0 Å². The van der Waals surface area contributed by atoms with Crippen molar-refractivity contribution in [3.05, 3.63) is 0 Å². The zero-order valence-corrected chi connectivity index (χ0v) is 13.7. The third-order valence-electron chi connectivity index (χ3n) is 2.38. The van der Waals surface area contributed by atoms with Gasteiger partial charge in [-0.15, -0.1) is 0 Å². The average molecular weight is 359 g/mol. The molecule has 0 fully saturated rings. The molecule has 0 aliphatic carbocycles. The van der Waals surface area contributed by atoms with Crippen LogP contribution in [0.3, 0.4) is 0 Å². The van der Waals surface area contributed by atoms with Crippen molar-refractivity contribution in [1.82, 2.24) is 4.90 Å². The summed E-state index contributed by atoms with van der Waals surface area (Å²) in [4.78, 5) is 2.03. The summed E-state index contributed by atoms with van der Waals surface area (Å²) in [5.74, 6) is 0.582. The molecule has 2 unspecified atom stereocenters. The molecular weight excluding hydrogens is 332 g/mol. The summed E-state index contributed by atoms with van der Waals surface area (Å²) < 4.78 is 19.5. The predicted octanol–water partition coefficient (Wildman–Crippen LogP) is 3.53. The Bertz CT molecular complexity index is 179. The van der Waals surface area contributed by atoms with E-state index in [1.807, 2.05) is 11.9 Å². The number of nitrogens with zero attached hydrogens (tertiary/aromatic N) is 1. The molecule has 0 aromatic carbocycles. The van der Waals surface area contributed by atoms with E-state index in [0.717, 1.165) is 19.4 Å². The maximum Gasteiger partial charge on any atom is 0.136 e. The van der Waals surface area contributed by atoms with Crippen LogP contribution in [0.15, 0.2) is 0 Å². The summed E-state index contributed by atoms with van der Waals surface area (Å²) in [6.45, 7) is 8.80. The van der Waals surface area contributed by atoms with Crippen LogP contribution < -0.4 is 0 Å². The van der Waals surface area contributed by atoms with Crippen molar-refractivity contribution in [2.24, 2.45) is 5.92 Å². The molecule has 0 heterocycles. The van der Waals surface area contributed by atoms with Gasteiger partial charge in [-0.1, -0.05) is 43.4 Å². The van der Waals surface area contributed by atoms with E-state index in [1.165, 1.54) is 0 Å². The minimum atomic E-state index is -0.865. The summed E-state index contributed by atoms with van der Waals surface area (Å²) in [6, 6.07) is 0. The third kappa shape index (κ3) is 12.8. The fourth-order valence-electron chi connectivity index (χ4n) is 1.77. The number of alkyl halides is 2. The Hall–Kier alpha value is 0.580. The molecule has 0 spiro atoms. The molecule has 4 heteroatoms. The summed E-state index contributed by atoms with van der Waals surface area (Å²) in [6.07, 6.45) is 1.31. The summed E-state index contributed by atoms with van der Waals surface area (Å²) in [5.41, 5.74) is 0. The second kappa shape index (κ2) is 10.5. The van der Waals surface area contributed by atoms with Crippen LogP contribution in [-0.4, -0.2) is 48.3 Å². The van der Waals surface area contributed by atoms with Crippen molar-refractivity contribution in [1.29, 1.82) is 0 Å². The molecule has 0 aromatic rings. The van der Waals surface area contributed by atoms with Gasteiger partial charge in [-0.3, -0.25) is 0 Å². The predicted molar refractivity (Wildman–Crippen MR) is 80.8 cm³/mol. The third-order valence-corrected chi connectivity index (χ3v) is 3.00. The molecule has 0 bridgehead atoms. The number of halogens is 2. The molecule has 2 nitrogen and oxygen atoms in total. The van der Waals surface area contributed by atoms with E-state index in [1.54, 1.807) is 0 Å². The van der Waals surface area contributed by atoms with Crippen LogP contribution in [0, 0.1) is 5.92 Å².